The molecule has 0 amide bonds. The fraction of sp³-hybridized carbons (Fsp3) is 0.571. The van der Waals surface area contributed by atoms with Crippen LogP contribution in [0.2, 0.25) is 5.02 Å². The van der Waals surface area contributed by atoms with E-state index in [-0.39, 0.29) is 0 Å². The molecule has 0 heterocycles. The van der Waals surface area contributed by atoms with Gasteiger partial charge in [0, 0.05) is 36.4 Å². The molecule has 17 heavy (non-hydrogen) atoms. The van der Waals surface area contributed by atoms with Crippen LogP contribution in [0.3, 0.4) is 0 Å². The number of nitrogens with zero attached hydrogens (tertiary/aromatic N) is 1. The van der Waals surface area contributed by atoms with E-state index in [4.69, 9.17) is 11.6 Å². The molecular formula is C14H23ClN2. The van der Waals surface area contributed by atoms with Gasteiger partial charge in [0.2, 0.25) is 0 Å². The van der Waals surface area contributed by atoms with Gasteiger partial charge in [-0.3, -0.25) is 0 Å². The van der Waals surface area contributed by atoms with Crippen LogP contribution in [0.15, 0.2) is 18.2 Å². The number of rotatable bonds is 6. The molecule has 0 aliphatic carbocycles. The second-order valence-corrected chi connectivity index (χ2v) is 5.07. The highest BCUT2D eigenvalue weighted by molar-refractivity contribution is 6.31. The van der Waals surface area contributed by atoms with Crippen molar-refractivity contribution in [3.8, 4) is 0 Å². The van der Waals surface area contributed by atoms with E-state index in [2.05, 4.69) is 37.2 Å². The van der Waals surface area contributed by atoms with E-state index in [1.54, 1.807) is 0 Å². The van der Waals surface area contributed by atoms with E-state index in [1.165, 1.54) is 17.7 Å². The Morgan fingerprint density at radius 2 is 2.12 bits per heavy atom. The van der Waals surface area contributed by atoms with E-state index >= 15 is 0 Å². The van der Waals surface area contributed by atoms with Gasteiger partial charge < -0.3 is 10.2 Å². The van der Waals surface area contributed by atoms with Crippen molar-refractivity contribution in [2.24, 2.45) is 5.92 Å². The van der Waals surface area contributed by atoms with Crippen LogP contribution in [0.25, 0.3) is 0 Å². The molecule has 0 bridgehead atoms. The maximum Gasteiger partial charge on any atom is 0.0471 e. The molecule has 96 valence electrons. The van der Waals surface area contributed by atoms with E-state index < -0.39 is 0 Å². The summed E-state index contributed by atoms with van der Waals surface area (Å²) in [5, 5.41) is 4.02. The number of hydrogen-bond donors (Lipinski definition) is 1. The van der Waals surface area contributed by atoms with Crippen molar-refractivity contribution in [2.45, 2.75) is 26.8 Å². The summed E-state index contributed by atoms with van der Waals surface area (Å²) >= 11 is 6.26. The highest BCUT2D eigenvalue weighted by atomic mass is 35.5. The van der Waals surface area contributed by atoms with Gasteiger partial charge in [0.25, 0.3) is 0 Å². The molecule has 3 heteroatoms. The van der Waals surface area contributed by atoms with E-state index in [0.29, 0.717) is 5.92 Å². The Labute approximate surface area is 110 Å². The second-order valence-electron chi connectivity index (χ2n) is 4.66. The molecule has 1 aromatic carbocycles. The standard InChI is InChI=1S/C14H23ClN2/c1-5-11(2)10-17(4)14-8-6-7-13(15)12(14)9-16-3/h6-8,11,16H,5,9-10H2,1-4H3. The molecule has 1 atom stereocenters. The van der Waals surface area contributed by atoms with E-state index in [9.17, 15) is 0 Å². The zero-order chi connectivity index (χ0) is 12.8. The third-order valence-corrected chi connectivity index (χ3v) is 3.50. The van der Waals surface area contributed by atoms with Crippen LogP contribution >= 0.6 is 11.6 Å². The maximum atomic E-state index is 6.26. The first-order valence-electron chi connectivity index (χ1n) is 6.23. The monoisotopic (exact) mass is 254 g/mol. The summed E-state index contributed by atoms with van der Waals surface area (Å²) in [6.45, 7) is 6.37. The first-order valence-corrected chi connectivity index (χ1v) is 6.61. The number of halogens is 1. The molecule has 1 unspecified atom stereocenters. The van der Waals surface area contributed by atoms with Gasteiger partial charge in [-0.15, -0.1) is 0 Å². The van der Waals surface area contributed by atoms with Crippen LogP contribution in [0.5, 0.6) is 0 Å². The Bertz CT molecular complexity index is 352. The molecule has 0 spiro atoms. The number of anilines is 1. The lowest BCUT2D eigenvalue weighted by Crippen LogP contribution is -2.25. The minimum atomic E-state index is 0.696. The number of nitrogens with one attached hydrogen (secondary N) is 1. The maximum absolute atomic E-state index is 6.26. The Hall–Kier alpha value is -0.730. The lowest BCUT2D eigenvalue weighted by Gasteiger charge is -2.25. The average Bonchev–Trinajstić information content (AvgIpc) is 2.31. The van der Waals surface area contributed by atoms with Crippen molar-refractivity contribution in [3.63, 3.8) is 0 Å². The first kappa shape index (κ1) is 14.3. The van der Waals surface area contributed by atoms with Crippen molar-refractivity contribution in [3.05, 3.63) is 28.8 Å². The summed E-state index contributed by atoms with van der Waals surface area (Å²) in [6.07, 6.45) is 1.20. The zero-order valence-electron chi connectivity index (χ0n) is 11.3. The Morgan fingerprint density at radius 3 is 2.71 bits per heavy atom. The van der Waals surface area contributed by atoms with Gasteiger partial charge in [-0.25, -0.2) is 0 Å². The summed E-state index contributed by atoms with van der Waals surface area (Å²) in [4.78, 5) is 2.30. The van der Waals surface area contributed by atoms with Crippen molar-refractivity contribution in [1.82, 2.24) is 5.32 Å². The van der Waals surface area contributed by atoms with Gasteiger partial charge in [0.1, 0.15) is 0 Å². The van der Waals surface area contributed by atoms with E-state index in [1.807, 2.05) is 19.2 Å². The van der Waals surface area contributed by atoms with Gasteiger partial charge in [-0.1, -0.05) is 37.9 Å². The topological polar surface area (TPSA) is 15.3 Å². The van der Waals surface area contributed by atoms with Crippen LogP contribution in [0, 0.1) is 5.92 Å². The number of benzene rings is 1. The molecule has 0 saturated heterocycles. The molecular weight excluding hydrogens is 232 g/mol. The molecule has 0 fully saturated rings. The van der Waals surface area contributed by atoms with Gasteiger partial charge >= 0.3 is 0 Å². The van der Waals surface area contributed by atoms with Crippen molar-refractivity contribution in [1.29, 1.82) is 0 Å². The third-order valence-electron chi connectivity index (χ3n) is 3.14. The quantitative estimate of drug-likeness (QED) is 0.835. The first-order chi connectivity index (χ1) is 8.10. The van der Waals surface area contributed by atoms with Gasteiger partial charge in [-0.2, -0.15) is 0 Å². The normalized spacial score (nSPS) is 12.5. The smallest absolute Gasteiger partial charge is 0.0471 e. The Morgan fingerprint density at radius 1 is 1.41 bits per heavy atom. The average molecular weight is 255 g/mol. The van der Waals surface area contributed by atoms with E-state index in [0.717, 1.165) is 18.1 Å². The molecule has 0 radical (unpaired) electrons. The van der Waals surface area contributed by atoms with Crippen molar-refractivity contribution in [2.75, 3.05) is 25.5 Å². The summed E-state index contributed by atoms with van der Waals surface area (Å²) in [6, 6.07) is 6.11. The highest BCUT2D eigenvalue weighted by Gasteiger charge is 2.11. The summed E-state index contributed by atoms with van der Waals surface area (Å²) in [5.74, 6) is 0.696. The van der Waals surface area contributed by atoms with Gasteiger partial charge in [0.15, 0.2) is 0 Å². The lowest BCUT2D eigenvalue weighted by molar-refractivity contribution is 0.559. The zero-order valence-corrected chi connectivity index (χ0v) is 12.0. The molecule has 0 aliphatic rings. The largest absolute Gasteiger partial charge is 0.374 e. The lowest BCUT2D eigenvalue weighted by atomic mass is 10.1. The summed E-state index contributed by atoms with van der Waals surface area (Å²) in [5.41, 5.74) is 2.41. The minimum Gasteiger partial charge on any atom is -0.374 e. The highest BCUT2D eigenvalue weighted by Crippen LogP contribution is 2.27. The van der Waals surface area contributed by atoms with Crippen molar-refractivity contribution < 1.29 is 0 Å². The fourth-order valence-electron chi connectivity index (χ4n) is 1.95. The Kier molecular flexibility index (Phi) is 5.79. The predicted octanol–water partition coefficient (Wildman–Crippen LogP) is 3.54. The van der Waals surface area contributed by atoms with Crippen LogP contribution < -0.4 is 10.2 Å². The fourth-order valence-corrected chi connectivity index (χ4v) is 2.19. The molecule has 0 saturated carbocycles. The molecule has 0 aliphatic heterocycles. The van der Waals surface area contributed by atoms with Crippen LogP contribution in [0.1, 0.15) is 25.8 Å². The molecule has 1 aromatic rings. The van der Waals surface area contributed by atoms with Gasteiger partial charge in [0.05, 0.1) is 0 Å². The molecule has 2 nitrogen and oxygen atoms in total. The van der Waals surface area contributed by atoms with Crippen LogP contribution in [-0.4, -0.2) is 20.6 Å². The predicted molar refractivity (Wildman–Crippen MR) is 76.9 cm³/mol. The van der Waals surface area contributed by atoms with Crippen LogP contribution in [0.4, 0.5) is 5.69 Å². The molecule has 1 N–H and O–H groups in total. The SMILES string of the molecule is CCC(C)CN(C)c1cccc(Cl)c1CNC. The van der Waals surface area contributed by atoms with Crippen LogP contribution in [-0.2, 0) is 6.54 Å². The van der Waals surface area contributed by atoms with Gasteiger partial charge in [-0.05, 0) is 25.1 Å². The number of hydrogen-bond acceptors (Lipinski definition) is 2. The molecule has 1 rings (SSSR count). The minimum absolute atomic E-state index is 0.696. The van der Waals surface area contributed by atoms with Crippen molar-refractivity contribution >= 4 is 17.3 Å². The second kappa shape index (κ2) is 6.87. The molecule has 0 aromatic heterocycles. The summed E-state index contributed by atoms with van der Waals surface area (Å²) in [7, 11) is 4.08. The summed E-state index contributed by atoms with van der Waals surface area (Å²) < 4.78 is 0. The Balaban J connectivity index is 2.91. The third kappa shape index (κ3) is 3.90.